The van der Waals surface area contributed by atoms with Gasteiger partial charge in [0.05, 0.1) is 6.54 Å². The van der Waals surface area contributed by atoms with Crippen molar-refractivity contribution in [3.8, 4) is 0 Å². The van der Waals surface area contributed by atoms with E-state index in [4.69, 9.17) is 4.42 Å². The Labute approximate surface area is 152 Å². The van der Waals surface area contributed by atoms with Gasteiger partial charge in [0, 0.05) is 12.2 Å². The molecule has 1 aromatic heterocycles. The molecule has 0 aliphatic rings. The molecule has 0 spiro atoms. The third-order valence-corrected chi connectivity index (χ3v) is 3.99. The molecule has 134 valence electrons. The van der Waals surface area contributed by atoms with Crippen molar-refractivity contribution in [2.75, 3.05) is 5.32 Å². The van der Waals surface area contributed by atoms with Crippen molar-refractivity contribution < 1.29 is 13.6 Å². The monoisotopic (exact) mass is 352 g/mol. The van der Waals surface area contributed by atoms with Gasteiger partial charge in [0.2, 0.25) is 0 Å². The maximum Gasteiger partial charge on any atom is 0.322 e. The van der Waals surface area contributed by atoms with E-state index >= 15 is 0 Å². The molecule has 4 nitrogen and oxygen atoms in total. The minimum atomic E-state index is -0.300. The van der Waals surface area contributed by atoms with Gasteiger partial charge in [-0.3, -0.25) is 0 Å². The van der Waals surface area contributed by atoms with Crippen molar-refractivity contribution in [2.45, 2.75) is 26.9 Å². The Hall–Kier alpha value is -3.08. The molecule has 3 aromatic rings. The number of aryl methyl sites for hydroxylation is 2. The quantitative estimate of drug-likeness (QED) is 0.680. The summed E-state index contributed by atoms with van der Waals surface area (Å²) in [6, 6.07) is 17.2. The zero-order valence-corrected chi connectivity index (χ0v) is 14.8. The van der Waals surface area contributed by atoms with Gasteiger partial charge < -0.3 is 14.6 Å². The number of urea groups is 1. The smallest absolute Gasteiger partial charge is 0.322 e. The molecule has 0 bridgehead atoms. The SMILES string of the molecule is Cc1cccc(NC(=O)N(Cc2ccc(F)cc2)Cc2ccc(C)o2)c1. The Kier molecular flexibility index (Phi) is 5.37. The van der Waals surface area contributed by atoms with E-state index in [0.717, 1.165) is 22.6 Å². The first-order valence-corrected chi connectivity index (χ1v) is 8.42. The predicted octanol–water partition coefficient (Wildman–Crippen LogP) is 5.27. The van der Waals surface area contributed by atoms with Crippen molar-refractivity contribution >= 4 is 11.7 Å². The largest absolute Gasteiger partial charge is 0.464 e. The molecular weight excluding hydrogens is 331 g/mol. The van der Waals surface area contributed by atoms with Crippen molar-refractivity contribution in [1.29, 1.82) is 0 Å². The molecule has 0 unspecified atom stereocenters. The number of amides is 2. The fourth-order valence-electron chi connectivity index (χ4n) is 2.69. The fourth-order valence-corrected chi connectivity index (χ4v) is 2.69. The first kappa shape index (κ1) is 17.7. The van der Waals surface area contributed by atoms with Crippen LogP contribution < -0.4 is 5.32 Å². The number of benzene rings is 2. The van der Waals surface area contributed by atoms with Gasteiger partial charge in [-0.15, -0.1) is 0 Å². The molecule has 0 radical (unpaired) electrons. The maximum atomic E-state index is 13.1. The molecule has 3 rings (SSSR count). The van der Waals surface area contributed by atoms with E-state index < -0.39 is 0 Å². The number of carbonyl (C=O) groups excluding carboxylic acids is 1. The standard InChI is InChI=1S/C21H21FN2O2/c1-15-4-3-5-19(12-15)23-21(25)24(14-20-11-6-16(2)26-20)13-17-7-9-18(22)10-8-17/h3-12H,13-14H2,1-2H3,(H,23,25). The number of hydrogen-bond donors (Lipinski definition) is 1. The second-order valence-corrected chi connectivity index (χ2v) is 6.29. The molecule has 0 aliphatic heterocycles. The van der Waals surface area contributed by atoms with Gasteiger partial charge >= 0.3 is 6.03 Å². The van der Waals surface area contributed by atoms with Gasteiger partial charge in [0.25, 0.3) is 0 Å². The summed E-state index contributed by atoms with van der Waals surface area (Å²) in [6.45, 7) is 4.50. The maximum absolute atomic E-state index is 13.1. The predicted molar refractivity (Wildman–Crippen MR) is 99.3 cm³/mol. The lowest BCUT2D eigenvalue weighted by Crippen LogP contribution is -2.34. The molecule has 1 heterocycles. The summed E-state index contributed by atoms with van der Waals surface area (Å²) in [5, 5.41) is 2.91. The van der Waals surface area contributed by atoms with Crippen LogP contribution in [0.2, 0.25) is 0 Å². The molecule has 2 amide bonds. The summed E-state index contributed by atoms with van der Waals surface area (Å²) in [7, 11) is 0. The van der Waals surface area contributed by atoms with Crippen LogP contribution in [-0.2, 0) is 13.1 Å². The van der Waals surface area contributed by atoms with Crippen molar-refractivity contribution in [3.63, 3.8) is 0 Å². The van der Waals surface area contributed by atoms with E-state index in [0.29, 0.717) is 18.8 Å². The van der Waals surface area contributed by atoms with Crippen LogP contribution in [0, 0.1) is 19.7 Å². The zero-order valence-electron chi connectivity index (χ0n) is 14.8. The molecule has 1 N–H and O–H groups in total. The van der Waals surface area contributed by atoms with Gasteiger partial charge in [0.1, 0.15) is 17.3 Å². The summed E-state index contributed by atoms with van der Waals surface area (Å²) < 4.78 is 18.8. The molecule has 26 heavy (non-hydrogen) atoms. The highest BCUT2D eigenvalue weighted by atomic mass is 19.1. The second kappa shape index (κ2) is 7.87. The molecular formula is C21H21FN2O2. The number of nitrogens with zero attached hydrogens (tertiary/aromatic N) is 1. The highest BCUT2D eigenvalue weighted by Gasteiger charge is 2.17. The summed E-state index contributed by atoms with van der Waals surface area (Å²) in [4.78, 5) is 14.4. The average molecular weight is 352 g/mol. The van der Waals surface area contributed by atoms with Crippen molar-refractivity contribution in [3.05, 3.63) is 89.1 Å². The lowest BCUT2D eigenvalue weighted by atomic mass is 10.2. The molecule has 0 fully saturated rings. The molecule has 0 atom stereocenters. The van der Waals surface area contributed by atoms with Gasteiger partial charge in [0.15, 0.2) is 0 Å². The molecule has 0 saturated carbocycles. The topological polar surface area (TPSA) is 45.5 Å². The number of rotatable bonds is 5. The molecule has 0 saturated heterocycles. The highest BCUT2D eigenvalue weighted by molar-refractivity contribution is 5.89. The highest BCUT2D eigenvalue weighted by Crippen LogP contribution is 2.16. The summed E-state index contributed by atoms with van der Waals surface area (Å²) in [5.41, 5.74) is 2.64. The lowest BCUT2D eigenvalue weighted by molar-refractivity contribution is 0.201. The Balaban J connectivity index is 1.78. The average Bonchev–Trinajstić information content (AvgIpc) is 3.01. The van der Waals surface area contributed by atoms with Crippen LogP contribution in [0.15, 0.2) is 65.1 Å². The summed E-state index contributed by atoms with van der Waals surface area (Å²) in [5.74, 6) is 1.19. The minimum absolute atomic E-state index is 0.242. The number of furan rings is 1. The molecule has 0 aliphatic carbocycles. The zero-order chi connectivity index (χ0) is 18.5. The van der Waals surface area contributed by atoms with Gasteiger partial charge in [-0.25, -0.2) is 9.18 Å². The van der Waals surface area contributed by atoms with Crippen LogP contribution in [0.25, 0.3) is 0 Å². The molecule has 5 heteroatoms. The van der Waals surface area contributed by atoms with E-state index in [9.17, 15) is 9.18 Å². The normalized spacial score (nSPS) is 10.6. The van der Waals surface area contributed by atoms with E-state index in [1.807, 2.05) is 50.2 Å². The van der Waals surface area contributed by atoms with E-state index in [2.05, 4.69) is 5.32 Å². The Bertz CT molecular complexity index is 887. The first-order chi connectivity index (χ1) is 12.5. The van der Waals surface area contributed by atoms with Gasteiger partial charge in [-0.05, 0) is 61.4 Å². The minimum Gasteiger partial charge on any atom is -0.464 e. The fraction of sp³-hybridized carbons (Fsp3) is 0.190. The third kappa shape index (κ3) is 4.72. The second-order valence-electron chi connectivity index (χ2n) is 6.29. The number of carbonyl (C=O) groups is 1. The van der Waals surface area contributed by atoms with Gasteiger partial charge in [-0.2, -0.15) is 0 Å². The number of nitrogens with one attached hydrogen (secondary N) is 1. The Morgan fingerprint density at radius 1 is 1.04 bits per heavy atom. The number of halogens is 1. The van der Waals surface area contributed by atoms with E-state index in [1.165, 1.54) is 12.1 Å². The van der Waals surface area contributed by atoms with Crippen LogP contribution in [0.5, 0.6) is 0 Å². The Morgan fingerprint density at radius 2 is 1.81 bits per heavy atom. The van der Waals surface area contributed by atoms with Crippen molar-refractivity contribution in [1.82, 2.24) is 4.90 Å². The van der Waals surface area contributed by atoms with Crippen LogP contribution in [-0.4, -0.2) is 10.9 Å². The summed E-state index contributed by atoms with van der Waals surface area (Å²) in [6.07, 6.45) is 0. The number of hydrogen-bond acceptors (Lipinski definition) is 2. The molecule has 2 aromatic carbocycles. The van der Waals surface area contributed by atoms with Gasteiger partial charge in [-0.1, -0.05) is 24.3 Å². The van der Waals surface area contributed by atoms with Crippen LogP contribution >= 0.6 is 0 Å². The Morgan fingerprint density at radius 3 is 2.46 bits per heavy atom. The number of anilines is 1. The van der Waals surface area contributed by atoms with Crippen LogP contribution in [0.4, 0.5) is 14.9 Å². The van der Waals surface area contributed by atoms with E-state index in [-0.39, 0.29) is 11.8 Å². The third-order valence-electron chi connectivity index (χ3n) is 3.99. The van der Waals surface area contributed by atoms with Crippen LogP contribution in [0.1, 0.15) is 22.6 Å². The first-order valence-electron chi connectivity index (χ1n) is 8.42. The van der Waals surface area contributed by atoms with Crippen LogP contribution in [0.3, 0.4) is 0 Å². The van der Waals surface area contributed by atoms with E-state index in [1.54, 1.807) is 17.0 Å². The summed E-state index contributed by atoms with van der Waals surface area (Å²) >= 11 is 0. The van der Waals surface area contributed by atoms with Crippen molar-refractivity contribution in [2.24, 2.45) is 0 Å². The lowest BCUT2D eigenvalue weighted by Gasteiger charge is -2.22.